The van der Waals surface area contributed by atoms with Crippen molar-refractivity contribution in [2.75, 3.05) is 18.0 Å². The van der Waals surface area contributed by atoms with Gasteiger partial charge in [-0.2, -0.15) is 0 Å². The highest BCUT2D eigenvalue weighted by molar-refractivity contribution is 8.26. The number of amides is 1. The lowest BCUT2D eigenvalue weighted by Crippen LogP contribution is -2.40. The molecule has 0 bridgehead atoms. The summed E-state index contributed by atoms with van der Waals surface area (Å²) in [6.45, 7) is 6.25. The highest BCUT2D eigenvalue weighted by Crippen LogP contribution is 2.35. The van der Waals surface area contributed by atoms with Gasteiger partial charge in [-0.05, 0) is 54.2 Å². The molecule has 35 heavy (non-hydrogen) atoms. The Labute approximate surface area is 212 Å². The Bertz CT molecular complexity index is 1390. The third kappa shape index (κ3) is 4.75. The fourth-order valence-corrected chi connectivity index (χ4v) is 6.07. The molecule has 2 aliphatic heterocycles. The molecular formula is C26H25FN4O2S2. The number of thiocarbonyl (C=S) groups is 1. The molecule has 2 aromatic heterocycles. The molecule has 2 saturated heterocycles. The molecule has 0 radical (unpaired) electrons. The van der Waals surface area contributed by atoms with Gasteiger partial charge >= 0.3 is 0 Å². The minimum atomic E-state index is -0.336. The Balaban J connectivity index is 1.55. The summed E-state index contributed by atoms with van der Waals surface area (Å²) in [6, 6.07) is 11.4. The quantitative estimate of drug-likeness (QED) is 0.376. The van der Waals surface area contributed by atoms with Crippen molar-refractivity contribution in [3.05, 3.63) is 80.9 Å². The van der Waals surface area contributed by atoms with E-state index in [0.29, 0.717) is 38.1 Å². The van der Waals surface area contributed by atoms with Crippen molar-refractivity contribution in [2.24, 2.45) is 11.8 Å². The molecule has 2 atom stereocenters. The first-order valence-corrected chi connectivity index (χ1v) is 12.8. The number of benzene rings is 1. The van der Waals surface area contributed by atoms with Crippen LogP contribution in [0.25, 0.3) is 11.7 Å². The number of aromatic nitrogens is 2. The molecule has 2 fully saturated rings. The van der Waals surface area contributed by atoms with Crippen molar-refractivity contribution in [1.82, 2.24) is 14.3 Å². The molecule has 0 saturated carbocycles. The highest BCUT2D eigenvalue weighted by Gasteiger charge is 2.33. The van der Waals surface area contributed by atoms with E-state index in [0.717, 1.165) is 25.1 Å². The molecule has 1 aromatic carbocycles. The molecule has 2 aliphatic rings. The fourth-order valence-electron chi connectivity index (χ4n) is 4.83. The zero-order valence-corrected chi connectivity index (χ0v) is 21.1. The Morgan fingerprint density at radius 3 is 2.54 bits per heavy atom. The molecule has 0 aliphatic carbocycles. The molecule has 1 amide bonds. The van der Waals surface area contributed by atoms with Gasteiger partial charge in [0.25, 0.3) is 11.5 Å². The van der Waals surface area contributed by atoms with E-state index in [2.05, 4.69) is 18.7 Å². The van der Waals surface area contributed by atoms with Gasteiger partial charge in [-0.1, -0.05) is 56.0 Å². The van der Waals surface area contributed by atoms with Crippen LogP contribution in [0.2, 0.25) is 0 Å². The summed E-state index contributed by atoms with van der Waals surface area (Å²) in [7, 11) is 0. The van der Waals surface area contributed by atoms with Crippen LogP contribution in [-0.2, 0) is 11.3 Å². The number of anilines is 1. The number of nitrogens with zero attached hydrogens (tertiary/aromatic N) is 4. The van der Waals surface area contributed by atoms with Gasteiger partial charge in [0, 0.05) is 19.3 Å². The summed E-state index contributed by atoms with van der Waals surface area (Å²) >= 11 is 6.65. The van der Waals surface area contributed by atoms with E-state index < -0.39 is 0 Å². The van der Waals surface area contributed by atoms with E-state index in [-0.39, 0.29) is 23.8 Å². The summed E-state index contributed by atoms with van der Waals surface area (Å²) < 4.78 is 15.2. The molecule has 3 aromatic rings. The van der Waals surface area contributed by atoms with Crippen LogP contribution >= 0.6 is 24.0 Å². The molecule has 0 spiro atoms. The molecule has 9 heteroatoms. The van der Waals surface area contributed by atoms with E-state index in [1.165, 1.54) is 33.2 Å². The molecule has 5 rings (SSSR count). The maximum atomic E-state index is 13.6. The zero-order valence-electron chi connectivity index (χ0n) is 19.5. The third-order valence-corrected chi connectivity index (χ3v) is 7.70. The molecule has 4 heterocycles. The van der Waals surface area contributed by atoms with Gasteiger partial charge in [-0.25, -0.2) is 9.37 Å². The molecular weight excluding hydrogens is 483 g/mol. The third-order valence-electron chi connectivity index (χ3n) is 6.32. The van der Waals surface area contributed by atoms with Gasteiger partial charge < -0.3 is 4.90 Å². The number of carbonyl (C=O) groups excluding carboxylic acids is 1. The number of thioether (sulfide) groups is 1. The largest absolute Gasteiger partial charge is 0.355 e. The van der Waals surface area contributed by atoms with Gasteiger partial charge in [0.15, 0.2) is 0 Å². The number of carbonyl (C=O) groups is 1. The van der Waals surface area contributed by atoms with Crippen molar-refractivity contribution in [1.29, 1.82) is 0 Å². The van der Waals surface area contributed by atoms with Crippen molar-refractivity contribution in [2.45, 2.75) is 26.8 Å². The van der Waals surface area contributed by atoms with Crippen LogP contribution in [0.15, 0.2) is 58.4 Å². The lowest BCUT2D eigenvalue weighted by atomic mass is 9.91. The Morgan fingerprint density at radius 2 is 1.83 bits per heavy atom. The molecule has 0 N–H and O–H groups in total. The second-order valence-corrected chi connectivity index (χ2v) is 11.0. The van der Waals surface area contributed by atoms with Crippen molar-refractivity contribution < 1.29 is 9.18 Å². The van der Waals surface area contributed by atoms with Crippen molar-refractivity contribution >= 4 is 51.7 Å². The van der Waals surface area contributed by atoms with Crippen LogP contribution < -0.4 is 10.5 Å². The van der Waals surface area contributed by atoms with Crippen molar-refractivity contribution in [3.8, 4) is 0 Å². The Morgan fingerprint density at radius 1 is 1.11 bits per heavy atom. The number of rotatable bonds is 4. The van der Waals surface area contributed by atoms with Crippen LogP contribution in [0.3, 0.4) is 0 Å². The van der Waals surface area contributed by atoms with Gasteiger partial charge in [-0.15, -0.1) is 0 Å². The summed E-state index contributed by atoms with van der Waals surface area (Å²) in [4.78, 5) is 35.8. The molecule has 0 unspecified atom stereocenters. The number of pyridine rings is 1. The normalized spacial score (nSPS) is 22.0. The summed E-state index contributed by atoms with van der Waals surface area (Å²) in [5.74, 6) is 0.932. The summed E-state index contributed by atoms with van der Waals surface area (Å²) in [6.07, 6.45) is 4.45. The number of hydrogen-bond donors (Lipinski definition) is 0. The number of piperidine rings is 1. The van der Waals surface area contributed by atoms with E-state index in [4.69, 9.17) is 17.2 Å². The monoisotopic (exact) mass is 508 g/mol. The number of fused-ring (bicyclic) bond motifs is 1. The SMILES string of the molecule is C[C@H]1C[C@H](C)CN(c2nc3ccccn3c(=O)c2/C=C2\SC(=S)N(Cc3ccc(F)cc3)C2=O)C1. The average molecular weight is 509 g/mol. The standard InChI is InChI=1S/C26H25FN4O2S2/c1-16-11-17(2)14-29(13-16)23-20(24(32)30-10-4-3-5-22(30)28-23)12-21-25(33)31(26(34)35-21)15-18-6-8-19(27)9-7-18/h3-10,12,16-17H,11,13-15H2,1-2H3/b21-12-/t16-,17-/m0/s1. The van der Waals surface area contributed by atoms with Gasteiger partial charge in [0.1, 0.15) is 21.6 Å². The second kappa shape index (κ2) is 9.54. The van der Waals surface area contributed by atoms with Gasteiger partial charge in [0.05, 0.1) is 17.0 Å². The van der Waals surface area contributed by atoms with Gasteiger partial charge in [-0.3, -0.25) is 18.9 Å². The van der Waals surface area contributed by atoms with Crippen LogP contribution in [0, 0.1) is 17.7 Å². The number of hydrogen-bond acceptors (Lipinski definition) is 6. The average Bonchev–Trinajstić information content (AvgIpc) is 3.09. The van der Waals surface area contributed by atoms with Gasteiger partial charge in [0.2, 0.25) is 0 Å². The first kappa shape index (κ1) is 23.7. The first-order valence-electron chi connectivity index (χ1n) is 11.6. The van der Waals surface area contributed by atoms with E-state index in [1.807, 2.05) is 12.1 Å². The van der Waals surface area contributed by atoms with Crippen LogP contribution in [0.5, 0.6) is 0 Å². The van der Waals surface area contributed by atoms with E-state index in [9.17, 15) is 14.0 Å². The number of halogens is 1. The minimum Gasteiger partial charge on any atom is -0.355 e. The smallest absolute Gasteiger partial charge is 0.267 e. The predicted octanol–water partition coefficient (Wildman–Crippen LogP) is 4.72. The van der Waals surface area contributed by atoms with Crippen LogP contribution in [0.1, 0.15) is 31.4 Å². The lowest BCUT2D eigenvalue weighted by Gasteiger charge is -2.36. The fraction of sp³-hybridized carbons (Fsp3) is 0.308. The molecule has 180 valence electrons. The first-order chi connectivity index (χ1) is 16.8. The zero-order chi connectivity index (χ0) is 24.7. The predicted molar refractivity (Wildman–Crippen MR) is 142 cm³/mol. The Kier molecular flexibility index (Phi) is 6.46. The van der Waals surface area contributed by atoms with E-state index in [1.54, 1.807) is 30.5 Å². The summed E-state index contributed by atoms with van der Waals surface area (Å²) in [5, 5.41) is 0. The van der Waals surface area contributed by atoms with Crippen LogP contribution in [-0.4, -0.2) is 37.6 Å². The summed E-state index contributed by atoms with van der Waals surface area (Å²) in [5.41, 5.74) is 1.50. The maximum absolute atomic E-state index is 13.6. The second-order valence-electron chi connectivity index (χ2n) is 9.33. The molecule has 6 nitrogen and oxygen atoms in total. The highest BCUT2D eigenvalue weighted by atomic mass is 32.2. The minimum absolute atomic E-state index is 0.222. The Hall–Kier alpha value is -3.04. The topological polar surface area (TPSA) is 57.9 Å². The van der Waals surface area contributed by atoms with E-state index >= 15 is 0 Å². The maximum Gasteiger partial charge on any atom is 0.267 e. The van der Waals surface area contributed by atoms with Crippen LogP contribution in [0.4, 0.5) is 10.2 Å². The van der Waals surface area contributed by atoms with Crippen molar-refractivity contribution in [3.63, 3.8) is 0 Å². The lowest BCUT2D eigenvalue weighted by molar-refractivity contribution is -0.122.